The highest BCUT2D eigenvalue weighted by atomic mass is 19.4. The topological polar surface area (TPSA) is 78.4 Å². The summed E-state index contributed by atoms with van der Waals surface area (Å²) >= 11 is 0. The van der Waals surface area contributed by atoms with Gasteiger partial charge in [0.25, 0.3) is 0 Å². The summed E-state index contributed by atoms with van der Waals surface area (Å²) in [5.41, 5.74) is 0.548. The zero-order chi connectivity index (χ0) is 25.6. The second kappa shape index (κ2) is 9.50. The number of carboxylic acids is 1. The van der Waals surface area contributed by atoms with Gasteiger partial charge in [-0.1, -0.05) is 30.7 Å². The molecule has 2 aliphatic carbocycles. The summed E-state index contributed by atoms with van der Waals surface area (Å²) in [7, 11) is 0. The maximum atomic E-state index is 14.3. The zero-order valence-corrected chi connectivity index (χ0v) is 19.5. The molecular weight excluding hydrogens is 476 g/mol. The van der Waals surface area contributed by atoms with Crippen LogP contribution < -0.4 is 10.6 Å². The first kappa shape index (κ1) is 24.7. The Balaban J connectivity index is 1.32. The number of hydrogen-bond donors (Lipinski definition) is 3. The number of carbonyl (C=O) groups excluding carboxylic acids is 1. The van der Waals surface area contributed by atoms with Crippen LogP contribution in [0.15, 0.2) is 42.5 Å². The van der Waals surface area contributed by atoms with Crippen molar-refractivity contribution in [3.05, 3.63) is 65.0 Å². The number of fused-ring (bicyclic) bond motifs is 1. The van der Waals surface area contributed by atoms with Gasteiger partial charge in [-0.05, 0) is 85.3 Å². The number of alkyl halides is 3. The fourth-order valence-electron chi connectivity index (χ4n) is 6.34. The lowest BCUT2D eigenvalue weighted by molar-refractivity contribution is -0.148. The molecule has 0 radical (unpaired) electrons. The molecule has 1 heterocycles. The van der Waals surface area contributed by atoms with Crippen LogP contribution in [0.3, 0.4) is 0 Å². The molecule has 1 amide bonds. The average molecular weight is 505 g/mol. The van der Waals surface area contributed by atoms with Crippen LogP contribution in [0.5, 0.6) is 0 Å². The van der Waals surface area contributed by atoms with Crippen molar-refractivity contribution in [3.8, 4) is 0 Å². The van der Waals surface area contributed by atoms with Crippen LogP contribution in [0.2, 0.25) is 0 Å². The lowest BCUT2D eigenvalue weighted by Crippen LogP contribution is -2.40. The molecule has 0 bridgehead atoms. The number of carbonyl (C=O) groups is 2. The van der Waals surface area contributed by atoms with E-state index in [9.17, 15) is 32.3 Å². The van der Waals surface area contributed by atoms with Gasteiger partial charge < -0.3 is 15.7 Å². The Morgan fingerprint density at radius 3 is 2.31 bits per heavy atom. The maximum absolute atomic E-state index is 14.3. The van der Waals surface area contributed by atoms with Crippen molar-refractivity contribution in [1.82, 2.24) is 5.32 Å². The second-order valence-corrected chi connectivity index (χ2v) is 10.2. The summed E-state index contributed by atoms with van der Waals surface area (Å²) in [6, 6.07) is 9.92. The Hall–Kier alpha value is -2.94. The van der Waals surface area contributed by atoms with Gasteiger partial charge in [0.05, 0.1) is 23.1 Å². The Morgan fingerprint density at radius 2 is 1.69 bits per heavy atom. The van der Waals surface area contributed by atoms with Crippen LogP contribution in [-0.2, 0) is 15.8 Å². The number of carboxylic acid groups (broad SMARTS) is 1. The molecule has 192 valence electrons. The van der Waals surface area contributed by atoms with Gasteiger partial charge in [-0.3, -0.25) is 9.59 Å². The SMILES string of the molecule is O=C(O)[C@@H]1[C@@H](c2ccc([C@H]3[C@@H]4CNCC[C@@H]43)cc2)CCC[C@H]1C(=O)Nc1ccc(C(F)(F)F)cc1F. The Kier molecular flexibility index (Phi) is 6.53. The summed E-state index contributed by atoms with van der Waals surface area (Å²) in [6.45, 7) is 2.06. The highest BCUT2D eigenvalue weighted by Crippen LogP contribution is 2.56. The normalized spacial score (nSPS) is 29.8. The first-order valence-electron chi connectivity index (χ1n) is 12.4. The van der Waals surface area contributed by atoms with Gasteiger partial charge in [-0.25, -0.2) is 4.39 Å². The van der Waals surface area contributed by atoms with Gasteiger partial charge >= 0.3 is 12.1 Å². The molecule has 3 fully saturated rings. The lowest BCUT2D eigenvalue weighted by atomic mass is 9.69. The molecule has 3 N–H and O–H groups in total. The van der Waals surface area contributed by atoms with Gasteiger partial charge in [-0.2, -0.15) is 13.2 Å². The smallest absolute Gasteiger partial charge is 0.416 e. The summed E-state index contributed by atoms with van der Waals surface area (Å²) in [5.74, 6) is -3.47. The monoisotopic (exact) mass is 504 g/mol. The van der Waals surface area contributed by atoms with E-state index in [1.165, 1.54) is 5.56 Å². The number of hydrogen-bond acceptors (Lipinski definition) is 3. The number of piperidine rings is 1. The van der Waals surface area contributed by atoms with Gasteiger partial charge in [-0.15, -0.1) is 0 Å². The first-order valence-corrected chi connectivity index (χ1v) is 12.4. The molecule has 1 saturated heterocycles. The predicted octanol–water partition coefficient (Wildman–Crippen LogP) is 5.39. The fourth-order valence-corrected chi connectivity index (χ4v) is 6.34. The summed E-state index contributed by atoms with van der Waals surface area (Å²) < 4.78 is 52.8. The Morgan fingerprint density at radius 1 is 0.972 bits per heavy atom. The maximum Gasteiger partial charge on any atom is 0.416 e. The summed E-state index contributed by atoms with van der Waals surface area (Å²) in [4.78, 5) is 25.3. The molecule has 2 aromatic carbocycles. The van der Waals surface area contributed by atoms with Crippen molar-refractivity contribution in [1.29, 1.82) is 0 Å². The predicted molar refractivity (Wildman–Crippen MR) is 125 cm³/mol. The van der Waals surface area contributed by atoms with Crippen molar-refractivity contribution in [2.75, 3.05) is 18.4 Å². The molecule has 0 spiro atoms. The molecule has 2 saturated carbocycles. The van der Waals surface area contributed by atoms with Crippen molar-refractivity contribution < 1.29 is 32.3 Å². The number of aliphatic carboxylic acids is 1. The molecule has 6 atom stereocenters. The first-order chi connectivity index (χ1) is 17.1. The average Bonchev–Trinajstić information content (AvgIpc) is 3.58. The van der Waals surface area contributed by atoms with Crippen LogP contribution in [0.4, 0.5) is 23.2 Å². The minimum absolute atomic E-state index is 0.304. The molecule has 0 unspecified atom stereocenters. The van der Waals surface area contributed by atoms with E-state index in [1.54, 1.807) is 0 Å². The van der Waals surface area contributed by atoms with Crippen LogP contribution >= 0.6 is 0 Å². The number of nitrogens with one attached hydrogen (secondary N) is 2. The molecule has 2 aromatic rings. The molecule has 36 heavy (non-hydrogen) atoms. The highest BCUT2D eigenvalue weighted by Gasteiger charge is 2.51. The standard InChI is InChI=1S/C27H28F4N2O3/c28-21-12-16(27(29,30)31)8-9-22(21)33-25(34)19-3-1-2-17(24(19)26(35)36)14-4-6-15(7-5-14)23-18-10-11-32-13-20(18)23/h4-9,12,17-20,23-24,32H,1-3,10-11,13H2,(H,33,34)(H,35,36)/t17-,18+,19-,20-,23-,24-/m1/s1. The van der Waals surface area contributed by atoms with Crippen molar-refractivity contribution in [2.24, 2.45) is 23.7 Å². The fraction of sp³-hybridized carbons (Fsp3) is 0.481. The minimum atomic E-state index is -4.71. The zero-order valence-electron chi connectivity index (χ0n) is 19.5. The van der Waals surface area contributed by atoms with Crippen LogP contribution in [-0.4, -0.2) is 30.1 Å². The third-order valence-corrected chi connectivity index (χ3v) is 8.19. The number of anilines is 1. The van der Waals surface area contributed by atoms with Crippen molar-refractivity contribution >= 4 is 17.6 Å². The molecule has 0 aromatic heterocycles. The summed E-state index contributed by atoms with van der Waals surface area (Å²) in [6.07, 6.45) is -2.02. The van der Waals surface area contributed by atoms with E-state index < -0.39 is 47.0 Å². The second-order valence-electron chi connectivity index (χ2n) is 10.2. The minimum Gasteiger partial charge on any atom is -0.481 e. The van der Waals surface area contributed by atoms with E-state index in [0.717, 1.165) is 31.1 Å². The van der Waals surface area contributed by atoms with E-state index in [0.29, 0.717) is 49.1 Å². The summed E-state index contributed by atoms with van der Waals surface area (Å²) in [5, 5.41) is 15.8. The van der Waals surface area contributed by atoms with Gasteiger partial charge in [0.2, 0.25) is 5.91 Å². The van der Waals surface area contributed by atoms with Crippen LogP contribution in [0, 0.1) is 29.5 Å². The Bertz CT molecular complexity index is 1140. The van der Waals surface area contributed by atoms with Gasteiger partial charge in [0, 0.05) is 0 Å². The number of amides is 1. The molecule has 5 nitrogen and oxygen atoms in total. The third kappa shape index (κ3) is 4.73. The van der Waals surface area contributed by atoms with Crippen molar-refractivity contribution in [2.45, 2.75) is 43.7 Å². The van der Waals surface area contributed by atoms with Crippen molar-refractivity contribution in [3.63, 3.8) is 0 Å². The van der Waals surface area contributed by atoms with E-state index in [-0.39, 0.29) is 5.92 Å². The largest absolute Gasteiger partial charge is 0.481 e. The Labute approximate surface area is 206 Å². The molecule has 3 aliphatic rings. The molecular formula is C27H28F4N2O3. The van der Waals surface area contributed by atoms with Gasteiger partial charge in [0.15, 0.2) is 0 Å². The van der Waals surface area contributed by atoms with E-state index in [2.05, 4.69) is 22.8 Å². The quantitative estimate of drug-likeness (QED) is 0.477. The van der Waals surface area contributed by atoms with E-state index in [4.69, 9.17) is 0 Å². The van der Waals surface area contributed by atoms with Gasteiger partial charge in [0.1, 0.15) is 5.82 Å². The van der Waals surface area contributed by atoms with Crippen LogP contribution in [0.1, 0.15) is 54.2 Å². The highest BCUT2D eigenvalue weighted by molar-refractivity contribution is 5.95. The van der Waals surface area contributed by atoms with E-state index in [1.807, 2.05) is 12.1 Å². The molecule has 5 rings (SSSR count). The third-order valence-electron chi connectivity index (χ3n) is 8.19. The lowest BCUT2D eigenvalue weighted by Gasteiger charge is -2.35. The van der Waals surface area contributed by atoms with Crippen LogP contribution in [0.25, 0.3) is 0 Å². The van der Waals surface area contributed by atoms with E-state index >= 15 is 0 Å². The molecule has 1 aliphatic heterocycles. The number of rotatable bonds is 5. The molecule has 9 heteroatoms. The number of halogens is 4. The number of benzene rings is 2.